The number of carbonyl (C=O) groups is 1. The first-order valence-electron chi connectivity index (χ1n) is 7.34. The lowest BCUT2D eigenvalue weighted by Crippen LogP contribution is -2.25. The number of benzene rings is 1. The van der Waals surface area contributed by atoms with Crippen molar-refractivity contribution in [1.29, 1.82) is 0 Å². The molecule has 23 heavy (non-hydrogen) atoms. The average Bonchev–Trinajstić information content (AvgIpc) is 2.48. The molecule has 0 saturated carbocycles. The van der Waals surface area contributed by atoms with Gasteiger partial charge >= 0.3 is 0 Å². The van der Waals surface area contributed by atoms with Gasteiger partial charge in [-0.1, -0.05) is 30.8 Å². The monoisotopic (exact) mass is 331 g/mol. The maximum Gasteiger partial charge on any atom is 0.237 e. The number of nitrogen functional groups attached to an aromatic ring is 2. The summed E-state index contributed by atoms with van der Waals surface area (Å²) in [6.07, 6.45) is 0.638. The van der Waals surface area contributed by atoms with Crippen LogP contribution >= 0.6 is 11.8 Å². The second kappa shape index (κ2) is 7.32. The molecule has 1 heterocycles. The highest BCUT2D eigenvalue weighted by Gasteiger charge is 2.20. The molecule has 0 aliphatic heterocycles. The van der Waals surface area contributed by atoms with E-state index in [0.29, 0.717) is 23.2 Å². The van der Waals surface area contributed by atoms with Gasteiger partial charge in [-0.2, -0.15) is 0 Å². The number of nitrogens with zero attached hydrogens (tertiary/aromatic N) is 2. The number of aromatic nitrogens is 2. The first kappa shape index (κ1) is 17.1. The molecular formula is C16H21N5OS. The summed E-state index contributed by atoms with van der Waals surface area (Å²) < 4.78 is 0. The molecule has 7 heteroatoms. The molecular weight excluding hydrogens is 310 g/mol. The zero-order valence-electron chi connectivity index (χ0n) is 13.5. The number of amides is 1. The van der Waals surface area contributed by atoms with Crippen LogP contribution in [0.4, 0.5) is 17.3 Å². The number of thioether (sulfide) groups is 1. The van der Waals surface area contributed by atoms with Crippen LogP contribution < -0.4 is 16.8 Å². The quantitative estimate of drug-likeness (QED) is 0.574. The molecule has 6 nitrogen and oxygen atoms in total. The molecule has 0 spiro atoms. The van der Waals surface area contributed by atoms with Crippen molar-refractivity contribution in [3.8, 4) is 0 Å². The number of anilines is 3. The van der Waals surface area contributed by atoms with Gasteiger partial charge in [-0.15, -0.1) is 0 Å². The minimum absolute atomic E-state index is 0.0872. The second-order valence-corrected chi connectivity index (χ2v) is 6.42. The van der Waals surface area contributed by atoms with Crippen molar-refractivity contribution in [2.75, 3.05) is 16.8 Å². The second-order valence-electron chi connectivity index (χ2n) is 5.25. The predicted octanol–water partition coefficient (Wildman–Crippen LogP) is 2.77. The highest BCUT2D eigenvalue weighted by molar-refractivity contribution is 8.00. The number of hydrogen-bond donors (Lipinski definition) is 3. The number of hydrogen-bond acceptors (Lipinski definition) is 6. The molecule has 122 valence electrons. The Morgan fingerprint density at radius 1 is 1.26 bits per heavy atom. The Morgan fingerprint density at radius 2 is 1.91 bits per heavy atom. The van der Waals surface area contributed by atoms with Gasteiger partial charge in [-0.3, -0.25) is 4.79 Å². The van der Waals surface area contributed by atoms with Crippen LogP contribution in [0.3, 0.4) is 0 Å². The highest BCUT2D eigenvalue weighted by Crippen LogP contribution is 2.26. The van der Waals surface area contributed by atoms with E-state index in [1.165, 1.54) is 17.8 Å². The van der Waals surface area contributed by atoms with E-state index in [-0.39, 0.29) is 11.2 Å². The summed E-state index contributed by atoms with van der Waals surface area (Å²) in [4.78, 5) is 20.8. The molecule has 0 bridgehead atoms. The molecule has 0 aliphatic carbocycles. The van der Waals surface area contributed by atoms with E-state index in [1.54, 1.807) is 0 Å². The first-order valence-corrected chi connectivity index (χ1v) is 8.22. The molecule has 5 N–H and O–H groups in total. The number of nitrogens with one attached hydrogen (secondary N) is 1. The van der Waals surface area contributed by atoms with E-state index in [9.17, 15) is 4.79 Å². The largest absolute Gasteiger partial charge is 0.383 e. The smallest absolute Gasteiger partial charge is 0.237 e. The van der Waals surface area contributed by atoms with Gasteiger partial charge in [0.2, 0.25) is 5.91 Å². The van der Waals surface area contributed by atoms with E-state index in [1.807, 2.05) is 39.0 Å². The minimum atomic E-state index is -0.323. The molecule has 0 saturated heterocycles. The Labute approximate surface area is 140 Å². The maximum absolute atomic E-state index is 12.5. The molecule has 2 rings (SSSR count). The number of nitrogens with two attached hydrogens (primary N) is 2. The molecule has 2 aromatic rings. The van der Waals surface area contributed by atoms with E-state index >= 15 is 0 Å². The van der Waals surface area contributed by atoms with Crippen molar-refractivity contribution in [3.63, 3.8) is 0 Å². The molecule has 1 atom stereocenters. The summed E-state index contributed by atoms with van der Waals surface area (Å²) in [5.41, 5.74) is 14.4. The van der Waals surface area contributed by atoms with Crippen LogP contribution in [-0.4, -0.2) is 21.1 Å². The van der Waals surface area contributed by atoms with Gasteiger partial charge in [-0.25, -0.2) is 9.97 Å². The fraction of sp³-hybridized carbons (Fsp3) is 0.312. The molecule has 1 aromatic heterocycles. The Kier molecular flexibility index (Phi) is 5.44. The van der Waals surface area contributed by atoms with Gasteiger partial charge in [0, 0.05) is 11.8 Å². The van der Waals surface area contributed by atoms with Crippen molar-refractivity contribution in [2.45, 2.75) is 37.6 Å². The van der Waals surface area contributed by atoms with Gasteiger partial charge in [0.15, 0.2) is 5.16 Å². The molecule has 1 amide bonds. The summed E-state index contributed by atoms with van der Waals surface area (Å²) in [6, 6.07) is 7.32. The fourth-order valence-corrected chi connectivity index (χ4v) is 2.97. The van der Waals surface area contributed by atoms with Gasteiger partial charge in [-0.05, 0) is 37.5 Å². The van der Waals surface area contributed by atoms with Crippen LogP contribution in [0.2, 0.25) is 0 Å². The molecule has 0 fully saturated rings. The number of carbonyl (C=O) groups excluding carboxylic acids is 1. The van der Waals surface area contributed by atoms with Crippen LogP contribution in [0.5, 0.6) is 0 Å². The zero-order valence-corrected chi connectivity index (χ0v) is 14.3. The van der Waals surface area contributed by atoms with Crippen LogP contribution in [0.15, 0.2) is 29.4 Å². The van der Waals surface area contributed by atoms with Crippen LogP contribution in [0.1, 0.15) is 24.5 Å². The lowest BCUT2D eigenvalue weighted by Gasteiger charge is -2.16. The van der Waals surface area contributed by atoms with E-state index in [0.717, 1.165) is 16.8 Å². The Balaban J connectivity index is 2.13. The van der Waals surface area contributed by atoms with Crippen molar-refractivity contribution >= 4 is 35.0 Å². The first-order chi connectivity index (χ1) is 10.9. The third-order valence-corrected chi connectivity index (χ3v) is 4.74. The van der Waals surface area contributed by atoms with Crippen molar-refractivity contribution in [3.05, 3.63) is 35.4 Å². The van der Waals surface area contributed by atoms with Gasteiger partial charge < -0.3 is 16.8 Å². The zero-order chi connectivity index (χ0) is 17.0. The minimum Gasteiger partial charge on any atom is -0.383 e. The summed E-state index contributed by atoms with van der Waals surface area (Å²) >= 11 is 1.26. The third-order valence-electron chi connectivity index (χ3n) is 3.52. The van der Waals surface area contributed by atoms with E-state index < -0.39 is 0 Å². The molecule has 1 unspecified atom stereocenters. The topological polar surface area (TPSA) is 107 Å². The molecule has 0 radical (unpaired) electrons. The van der Waals surface area contributed by atoms with Crippen LogP contribution in [0.25, 0.3) is 0 Å². The van der Waals surface area contributed by atoms with Crippen LogP contribution in [0, 0.1) is 13.8 Å². The fourth-order valence-electron chi connectivity index (χ4n) is 2.06. The molecule has 1 aromatic carbocycles. The molecule has 0 aliphatic rings. The Hall–Kier alpha value is -2.28. The lowest BCUT2D eigenvalue weighted by molar-refractivity contribution is -0.115. The third kappa shape index (κ3) is 4.35. The van der Waals surface area contributed by atoms with Gasteiger partial charge in [0.05, 0.1) is 5.25 Å². The standard InChI is InChI=1S/C16H21N5OS/c1-4-12(23-16-20-13(17)8-14(18)21-16)15(22)19-11-7-5-6-9(2)10(11)3/h5-8,12H,4H2,1-3H3,(H,19,22)(H4,17,18,20,21). The Morgan fingerprint density at radius 3 is 2.52 bits per heavy atom. The van der Waals surface area contributed by atoms with Gasteiger partial charge in [0.25, 0.3) is 0 Å². The lowest BCUT2D eigenvalue weighted by atomic mass is 10.1. The van der Waals surface area contributed by atoms with Crippen LogP contribution in [-0.2, 0) is 4.79 Å². The van der Waals surface area contributed by atoms with E-state index in [2.05, 4.69) is 15.3 Å². The Bertz CT molecular complexity index is 699. The summed E-state index contributed by atoms with van der Waals surface area (Å²) in [7, 11) is 0. The highest BCUT2D eigenvalue weighted by atomic mass is 32.2. The average molecular weight is 331 g/mol. The summed E-state index contributed by atoms with van der Waals surface area (Å²) in [5, 5.41) is 3.06. The van der Waals surface area contributed by atoms with Crippen molar-refractivity contribution in [2.24, 2.45) is 0 Å². The van der Waals surface area contributed by atoms with Crippen molar-refractivity contribution < 1.29 is 4.79 Å². The number of aryl methyl sites for hydroxylation is 1. The SMILES string of the molecule is CCC(Sc1nc(N)cc(N)n1)C(=O)Nc1cccc(C)c1C. The van der Waals surface area contributed by atoms with Crippen molar-refractivity contribution in [1.82, 2.24) is 9.97 Å². The number of rotatable bonds is 5. The van der Waals surface area contributed by atoms with Gasteiger partial charge in [0.1, 0.15) is 11.6 Å². The summed E-state index contributed by atoms with van der Waals surface area (Å²) in [6.45, 7) is 5.94. The maximum atomic E-state index is 12.5. The predicted molar refractivity (Wildman–Crippen MR) is 95.3 cm³/mol. The summed E-state index contributed by atoms with van der Waals surface area (Å²) in [5.74, 6) is 0.505. The normalized spacial score (nSPS) is 12.0. The van der Waals surface area contributed by atoms with E-state index in [4.69, 9.17) is 11.5 Å².